The van der Waals surface area contributed by atoms with Crippen molar-refractivity contribution in [3.05, 3.63) is 71.0 Å². The topological polar surface area (TPSA) is 55.4 Å². The van der Waals surface area contributed by atoms with Crippen LogP contribution in [-0.2, 0) is 9.53 Å². The quantitative estimate of drug-likeness (QED) is 0.570. The van der Waals surface area contributed by atoms with Crippen molar-refractivity contribution >= 4 is 22.5 Å². The summed E-state index contributed by atoms with van der Waals surface area (Å²) in [6, 6.07) is 14.0. The smallest absolute Gasteiger partial charge is 0.251 e. The molecular formula is C26H28FNO3. The van der Waals surface area contributed by atoms with Crippen molar-refractivity contribution in [3.8, 4) is 11.1 Å². The second kappa shape index (κ2) is 8.60. The van der Waals surface area contributed by atoms with Gasteiger partial charge in [0.2, 0.25) is 0 Å². The maximum absolute atomic E-state index is 14.6. The van der Waals surface area contributed by atoms with Gasteiger partial charge in [-0.1, -0.05) is 30.3 Å². The summed E-state index contributed by atoms with van der Waals surface area (Å²) in [6.07, 6.45) is -0.827. The molecule has 162 valence electrons. The number of carbonyl (C=O) groups excluding carboxylic acids is 2. The average Bonchev–Trinajstić information content (AvgIpc) is 2.69. The summed E-state index contributed by atoms with van der Waals surface area (Å²) in [7, 11) is 1.50. The largest absolute Gasteiger partial charge is 0.360 e. The van der Waals surface area contributed by atoms with E-state index in [1.165, 1.54) is 26.1 Å². The van der Waals surface area contributed by atoms with Gasteiger partial charge in [0.05, 0.1) is 5.60 Å². The lowest BCUT2D eigenvalue weighted by molar-refractivity contribution is -0.138. The standard InChI is InChI=1S/C26H28FNO3/c1-15-11-17-9-7-8-10-21(17)23(22(15)24(16(2)29)31-26(3,4)5)18-12-19(25(30)28-6)14-20(27)13-18/h7-14,24H,1-6H3,(H,28,30)/t24-/m1/s1. The Morgan fingerprint density at radius 1 is 1.06 bits per heavy atom. The van der Waals surface area contributed by atoms with Crippen LogP contribution in [0.1, 0.15) is 55.3 Å². The Hall–Kier alpha value is -3.05. The van der Waals surface area contributed by atoms with Gasteiger partial charge < -0.3 is 10.1 Å². The molecule has 0 bridgehead atoms. The minimum absolute atomic E-state index is 0.141. The minimum atomic E-state index is -0.827. The second-order valence-corrected chi connectivity index (χ2v) is 8.73. The first-order valence-corrected chi connectivity index (χ1v) is 10.3. The number of rotatable bonds is 5. The number of aryl methyl sites for hydroxylation is 1. The minimum Gasteiger partial charge on any atom is -0.360 e. The number of benzene rings is 3. The van der Waals surface area contributed by atoms with Gasteiger partial charge in [-0.25, -0.2) is 4.39 Å². The van der Waals surface area contributed by atoms with E-state index in [0.717, 1.165) is 16.3 Å². The molecule has 0 saturated carbocycles. The van der Waals surface area contributed by atoms with E-state index in [1.54, 1.807) is 6.07 Å². The van der Waals surface area contributed by atoms with Crippen LogP contribution in [-0.4, -0.2) is 24.3 Å². The van der Waals surface area contributed by atoms with Crippen LogP contribution in [0.3, 0.4) is 0 Å². The van der Waals surface area contributed by atoms with E-state index < -0.39 is 17.5 Å². The molecule has 0 aliphatic carbocycles. The number of fused-ring (bicyclic) bond motifs is 1. The highest BCUT2D eigenvalue weighted by Gasteiger charge is 2.29. The Morgan fingerprint density at radius 2 is 1.74 bits per heavy atom. The number of hydrogen-bond acceptors (Lipinski definition) is 3. The van der Waals surface area contributed by atoms with Crippen molar-refractivity contribution in [2.75, 3.05) is 7.05 Å². The van der Waals surface area contributed by atoms with Crippen molar-refractivity contribution in [2.45, 2.75) is 46.3 Å². The average molecular weight is 422 g/mol. The third-order valence-electron chi connectivity index (χ3n) is 5.07. The number of hydrogen-bond donors (Lipinski definition) is 1. The number of halogens is 1. The highest BCUT2D eigenvalue weighted by atomic mass is 19.1. The summed E-state index contributed by atoms with van der Waals surface area (Å²) in [4.78, 5) is 25.0. The Balaban J connectivity index is 2.42. The van der Waals surface area contributed by atoms with Gasteiger partial charge in [0.25, 0.3) is 5.91 Å². The van der Waals surface area contributed by atoms with E-state index >= 15 is 0 Å². The fourth-order valence-electron chi connectivity index (χ4n) is 3.86. The summed E-state index contributed by atoms with van der Waals surface area (Å²) in [6.45, 7) is 9.10. The lowest BCUT2D eigenvalue weighted by Gasteiger charge is -2.29. The summed E-state index contributed by atoms with van der Waals surface area (Å²) < 4.78 is 20.8. The SMILES string of the molecule is CNC(=O)c1cc(F)cc(-c2c([C@H](OC(C)(C)C)C(C)=O)c(C)cc3ccccc23)c1. The maximum atomic E-state index is 14.6. The molecule has 3 rings (SSSR count). The number of ketones is 1. The van der Waals surface area contributed by atoms with E-state index in [0.29, 0.717) is 16.7 Å². The van der Waals surface area contributed by atoms with Crippen LogP contribution in [0, 0.1) is 12.7 Å². The first-order valence-electron chi connectivity index (χ1n) is 10.3. The summed E-state index contributed by atoms with van der Waals surface area (Å²) >= 11 is 0. The molecule has 4 nitrogen and oxygen atoms in total. The molecule has 0 radical (unpaired) electrons. The highest BCUT2D eigenvalue weighted by Crippen LogP contribution is 2.41. The molecular weight excluding hydrogens is 393 g/mol. The van der Waals surface area contributed by atoms with E-state index in [1.807, 2.05) is 58.0 Å². The van der Waals surface area contributed by atoms with E-state index in [9.17, 15) is 14.0 Å². The molecule has 31 heavy (non-hydrogen) atoms. The van der Waals surface area contributed by atoms with Crippen LogP contribution < -0.4 is 5.32 Å². The zero-order valence-electron chi connectivity index (χ0n) is 18.8. The molecule has 0 saturated heterocycles. The van der Waals surface area contributed by atoms with Crippen molar-refractivity contribution in [2.24, 2.45) is 0 Å². The van der Waals surface area contributed by atoms with Crippen LogP contribution in [0.5, 0.6) is 0 Å². The van der Waals surface area contributed by atoms with Crippen LogP contribution in [0.4, 0.5) is 4.39 Å². The van der Waals surface area contributed by atoms with Crippen LogP contribution in [0.2, 0.25) is 0 Å². The van der Waals surface area contributed by atoms with Gasteiger partial charge in [-0.3, -0.25) is 9.59 Å². The zero-order chi connectivity index (χ0) is 22.9. The molecule has 0 heterocycles. The van der Waals surface area contributed by atoms with Crippen LogP contribution in [0.15, 0.2) is 48.5 Å². The number of nitrogens with one attached hydrogen (secondary N) is 1. The summed E-state index contributed by atoms with van der Waals surface area (Å²) in [5.74, 6) is -1.05. The lowest BCUT2D eigenvalue weighted by atomic mass is 9.85. The molecule has 0 aliphatic heterocycles. The Kier molecular flexibility index (Phi) is 6.27. The number of Topliss-reactive ketones (excluding diaryl/α,β-unsaturated/α-hetero) is 1. The van der Waals surface area contributed by atoms with Crippen LogP contribution in [0.25, 0.3) is 21.9 Å². The Morgan fingerprint density at radius 3 is 2.35 bits per heavy atom. The predicted molar refractivity (Wildman–Crippen MR) is 122 cm³/mol. The number of amides is 1. The molecule has 3 aromatic rings. The van der Waals surface area contributed by atoms with Gasteiger partial charge in [0, 0.05) is 12.6 Å². The fourth-order valence-corrected chi connectivity index (χ4v) is 3.86. The monoisotopic (exact) mass is 421 g/mol. The Bertz CT molecular complexity index is 1160. The third-order valence-corrected chi connectivity index (χ3v) is 5.07. The van der Waals surface area contributed by atoms with E-state index in [4.69, 9.17) is 4.74 Å². The number of carbonyl (C=O) groups is 2. The van der Waals surface area contributed by atoms with Crippen LogP contribution >= 0.6 is 0 Å². The normalized spacial score (nSPS) is 12.6. The first-order chi connectivity index (χ1) is 14.5. The van der Waals surface area contributed by atoms with Crippen molar-refractivity contribution in [3.63, 3.8) is 0 Å². The van der Waals surface area contributed by atoms with Crippen molar-refractivity contribution < 1.29 is 18.7 Å². The Labute approximate surface area is 182 Å². The summed E-state index contributed by atoms with van der Waals surface area (Å²) in [5, 5.41) is 4.36. The molecule has 3 aromatic carbocycles. The van der Waals surface area contributed by atoms with Crippen molar-refractivity contribution in [1.82, 2.24) is 5.32 Å². The maximum Gasteiger partial charge on any atom is 0.251 e. The summed E-state index contributed by atoms with van der Waals surface area (Å²) in [5.41, 5.74) is 2.42. The van der Waals surface area contributed by atoms with E-state index in [-0.39, 0.29) is 17.3 Å². The molecule has 1 atom stereocenters. The fraction of sp³-hybridized carbons (Fsp3) is 0.308. The van der Waals surface area contributed by atoms with Gasteiger partial charge in [0.15, 0.2) is 5.78 Å². The molecule has 0 fully saturated rings. The van der Waals surface area contributed by atoms with Gasteiger partial charge in [0.1, 0.15) is 11.9 Å². The van der Waals surface area contributed by atoms with E-state index in [2.05, 4.69) is 5.32 Å². The predicted octanol–water partition coefficient (Wildman–Crippen LogP) is 5.76. The third kappa shape index (κ3) is 4.83. The molecule has 0 spiro atoms. The molecule has 1 N–H and O–H groups in total. The molecule has 5 heteroatoms. The second-order valence-electron chi connectivity index (χ2n) is 8.73. The van der Waals surface area contributed by atoms with Gasteiger partial charge >= 0.3 is 0 Å². The number of ether oxygens (including phenoxy) is 1. The zero-order valence-corrected chi connectivity index (χ0v) is 18.8. The molecule has 1 amide bonds. The molecule has 0 aromatic heterocycles. The molecule has 0 aliphatic rings. The lowest BCUT2D eigenvalue weighted by Crippen LogP contribution is -2.27. The molecule has 0 unspecified atom stereocenters. The van der Waals surface area contributed by atoms with Gasteiger partial charge in [-0.2, -0.15) is 0 Å². The first kappa shape index (κ1) is 22.6. The van der Waals surface area contributed by atoms with Gasteiger partial charge in [-0.05, 0) is 85.8 Å². The highest BCUT2D eigenvalue weighted by molar-refractivity contribution is 6.03. The van der Waals surface area contributed by atoms with Crippen molar-refractivity contribution in [1.29, 1.82) is 0 Å². The van der Waals surface area contributed by atoms with Gasteiger partial charge in [-0.15, -0.1) is 0 Å².